The monoisotopic (exact) mass is 532 g/mol. The second kappa shape index (κ2) is 11.0. The molecule has 0 radical (unpaired) electrons. The Hall–Kier alpha value is -3.70. The van der Waals surface area contributed by atoms with E-state index >= 15 is 9.13 Å². The normalized spacial score (nSPS) is 12.6. The van der Waals surface area contributed by atoms with Gasteiger partial charge in [-0.05, 0) is 12.5 Å². The first kappa shape index (κ1) is 25.9. The van der Waals surface area contributed by atoms with Crippen LogP contribution in [0.25, 0.3) is 0 Å². The van der Waals surface area contributed by atoms with E-state index in [-0.39, 0.29) is 0 Å². The van der Waals surface area contributed by atoms with E-state index in [0.717, 1.165) is 11.1 Å². The van der Waals surface area contributed by atoms with Gasteiger partial charge in [-0.25, -0.2) is 0 Å². The highest BCUT2D eigenvalue weighted by Gasteiger charge is 2.46. The van der Waals surface area contributed by atoms with Crippen molar-refractivity contribution in [1.29, 1.82) is 0 Å². The minimum atomic E-state index is -3.45. The summed E-state index contributed by atoms with van der Waals surface area (Å²) in [6.07, 6.45) is 0. The Kier molecular flexibility index (Phi) is 7.48. The van der Waals surface area contributed by atoms with Gasteiger partial charge >= 0.3 is 0 Å². The van der Waals surface area contributed by atoms with E-state index in [1.54, 1.807) is 0 Å². The molecule has 0 saturated heterocycles. The number of rotatable bonds is 8. The highest BCUT2D eigenvalue weighted by Crippen LogP contribution is 2.68. The van der Waals surface area contributed by atoms with Crippen LogP contribution in [0.2, 0.25) is 0 Å². The number of allylic oxidation sites excluding steroid dienone is 1. The van der Waals surface area contributed by atoms with Gasteiger partial charge in [0, 0.05) is 26.5 Å². The molecule has 5 aromatic carbocycles. The van der Waals surface area contributed by atoms with Crippen molar-refractivity contribution in [2.75, 3.05) is 0 Å². The number of hydrogen-bond acceptors (Lipinski definition) is 2. The van der Waals surface area contributed by atoms with Gasteiger partial charge in [0.1, 0.15) is 0 Å². The van der Waals surface area contributed by atoms with Gasteiger partial charge in [-0.15, -0.1) is 0 Å². The summed E-state index contributed by atoms with van der Waals surface area (Å²) in [6, 6.07) is 46.2. The van der Waals surface area contributed by atoms with Gasteiger partial charge in [0.25, 0.3) is 0 Å². The molecule has 0 N–H and O–H groups in total. The van der Waals surface area contributed by atoms with Crippen molar-refractivity contribution >= 4 is 35.5 Å². The van der Waals surface area contributed by atoms with Crippen LogP contribution < -0.4 is 21.2 Å². The van der Waals surface area contributed by atoms with E-state index in [9.17, 15) is 0 Å². The van der Waals surface area contributed by atoms with Crippen molar-refractivity contribution in [2.24, 2.45) is 0 Å². The lowest BCUT2D eigenvalue weighted by Gasteiger charge is -2.34. The van der Waals surface area contributed by atoms with Crippen LogP contribution in [0.15, 0.2) is 157 Å². The van der Waals surface area contributed by atoms with Crippen molar-refractivity contribution in [3.63, 3.8) is 0 Å². The molecule has 2 nitrogen and oxygen atoms in total. The summed E-state index contributed by atoms with van der Waals surface area (Å²) in [6.45, 7) is 6.59. The van der Waals surface area contributed by atoms with Crippen LogP contribution in [-0.4, -0.2) is 0 Å². The van der Waals surface area contributed by atoms with Gasteiger partial charge in [0.05, 0.1) is 5.66 Å². The van der Waals surface area contributed by atoms with Gasteiger partial charge in [-0.3, -0.25) is 0 Å². The molecule has 0 aromatic heterocycles. The maximum Gasteiger partial charge on any atom is 0.167 e. The van der Waals surface area contributed by atoms with E-state index < -0.39 is 19.9 Å². The first-order chi connectivity index (χ1) is 18.5. The zero-order valence-corrected chi connectivity index (χ0v) is 23.1. The second-order valence-corrected chi connectivity index (χ2v) is 15.1. The summed E-state index contributed by atoms with van der Waals surface area (Å²) in [5.74, 6) is 0. The molecule has 188 valence electrons. The average Bonchev–Trinajstić information content (AvgIpc) is 2.99. The van der Waals surface area contributed by atoms with Crippen LogP contribution >= 0.6 is 14.3 Å². The first-order valence-corrected chi connectivity index (χ1v) is 16.1. The molecule has 1 unspecified atom stereocenters. The number of benzene rings is 5. The molecule has 5 aromatic rings. The third kappa shape index (κ3) is 4.67. The van der Waals surface area contributed by atoms with Gasteiger partial charge in [-0.2, -0.15) is 0 Å². The van der Waals surface area contributed by atoms with Gasteiger partial charge < -0.3 is 9.13 Å². The molecular weight excluding hydrogens is 502 g/mol. The Morgan fingerprint density at radius 1 is 0.526 bits per heavy atom. The fourth-order valence-corrected chi connectivity index (χ4v) is 11.8. The summed E-state index contributed by atoms with van der Waals surface area (Å²) < 4.78 is 31.3. The molecule has 5 rings (SSSR count). The lowest BCUT2D eigenvalue weighted by atomic mass is 10.1. The molecule has 4 heteroatoms. The standard InChI is InChI=1S/C34H30O2P2/c1-27-23-25-29(26-24-27)34(38(36,32-19-11-5-12-20-32)33-21-13-6-14-22-33)28(2)37(35,30-15-7-3-8-16-30)31-17-9-4-10-18-31/h3-26,34H,2H2,1H3. The minimum Gasteiger partial charge on any atom is -0.313 e. The quantitative estimate of drug-likeness (QED) is 0.193. The summed E-state index contributed by atoms with van der Waals surface area (Å²) in [4.78, 5) is 0. The SMILES string of the molecule is C=C(C(c1ccc(C)cc1)P(=O)(c1ccccc1)c1ccccc1)P(=O)(c1ccccc1)c1ccccc1. The molecule has 0 aliphatic heterocycles. The molecule has 0 amide bonds. The largest absolute Gasteiger partial charge is 0.313 e. The van der Waals surface area contributed by atoms with Crippen LogP contribution in [0, 0.1) is 6.92 Å². The fraction of sp³-hybridized carbons (Fsp3) is 0.0588. The van der Waals surface area contributed by atoms with Crippen molar-refractivity contribution in [2.45, 2.75) is 12.6 Å². The van der Waals surface area contributed by atoms with Crippen molar-refractivity contribution < 1.29 is 9.13 Å². The molecule has 38 heavy (non-hydrogen) atoms. The van der Waals surface area contributed by atoms with Crippen LogP contribution in [-0.2, 0) is 9.13 Å². The van der Waals surface area contributed by atoms with Crippen LogP contribution in [0.3, 0.4) is 0 Å². The zero-order valence-electron chi connectivity index (χ0n) is 21.4. The summed E-state index contributed by atoms with van der Waals surface area (Å²) >= 11 is 0. The van der Waals surface area contributed by atoms with E-state index in [0.29, 0.717) is 26.5 Å². The Balaban J connectivity index is 1.85. The molecule has 0 saturated carbocycles. The first-order valence-electron chi connectivity index (χ1n) is 12.6. The molecule has 0 bridgehead atoms. The van der Waals surface area contributed by atoms with E-state index in [1.165, 1.54) is 0 Å². The Bertz CT molecular complexity index is 1530. The summed E-state index contributed by atoms with van der Waals surface area (Å²) in [5.41, 5.74) is 1.23. The number of hydrogen-bond donors (Lipinski definition) is 0. The Labute approximate surface area is 225 Å². The molecule has 1 atom stereocenters. The molecular formula is C34H30O2P2. The van der Waals surface area contributed by atoms with Gasteiger partial charge in [-0.1, -0.05) is 158 Å². The highest BCUT2D eigenvalue weighted by atomic mass is 31.2. The van der Waals surface area contributed by atoms with Crippen molar-refractivity contribution in [1.82, 2.24) is 0 Å². The molecule has 0 heterocycles. The highest BCUT2D eigenvalue weighted by molar-refractivity contribution is 7.85. The smallest absolute Gasteiger partial charge is 0.167 e. The maximum atomic E-state index is 15.8. The lowest BCUT2D eigenvalue weighted by molar-refractivity contribution is 0.579. The molecule has 0 fully saturated rings. The third-order valence-electron chi connectivity index (χ3n) is 7.00. The zero-order chi connectivity index (χ0) is 26.6. The van der Waals surface area contributed by atoms with Crippen molar-refractivity contribution in [3.05, 3.63) is 169 Å². The topological polar surface area (TPSA) is 34.1 Å². The van der Waals surface area contributed by atoms with E-state index in [4.69, 9.17) is 0 Å². The lowest BCUT2D eigenvalue weighted by Crippen LogP contribution is -2.26. The van der Waals surface area contributed by atoms with Gasteiger partial charge in [0.2, 0.25) is 0 Å². The fourth-order valence-electron chi connectivity index (χ4n) is 5.04. The molecule has 0 aliphatic carbocycles. The van der Waals surface area contributed by atoms with E-state index in [1.807, 2.05) is 153 Å². The average molecular weight is 533 g/mol. The van der Waals surface area contributed by atoms with Crippen LogP contribution in [0.1, 0.15) is 16.8 Å². The Morgan fingerprint density at radius 3 is 1.24 bits per heavy atom. The van der Waals surface area contributed by atoms with Crippen molar-refractivity contribution in [3.8, 4) is 0 Å². The summed E-state index contributed by atoms with van der Waals surface area (Å²) in [7, 11) is -6.89. The maximum absolute atomic E-state index is 15.8. The Morgan fingerprint density at radius 2 is 0.868 bits per heavy atom. The molecule has 0 spiro atoms. The predicted octanol–water partition coefficient (Wildman–Crippen LogP) is 7.58. The third-order valence-corrected chi connectivity index (χ3v) is 13.8. The van der Waals surface area contributed by atoms with Crippen LogP contribution in [0.5, 0.6) is 0 Å². The predicted molar refractivity (Wildman–Crippen MR) is 163 cm³/mol. The summed E-state index contributed by atoms with van der Waals surface area (Å²) in [5, 5.41) is 3.26. The molecule has 0 aliphatic rings. The number of aryl methyl sites for hydroxylation is 1. The second-order valence-electron chi connectivity index (χ2n) is 9.41. The van der Waals surface area contributed by atoms with E-state index in [2.05, 4.69) is 6.58 Å². The van der Waals surface area contributed by atoms with Gasteiger partial charge in [0.15, 0.2) is 14.3 Å². The minimum absolute atomic E-state index is 0.467. The van der Waals surface area contributed by atoms with Crippen LogP contribution in [0.4, 0.5) is 0 Å².